The summed E-state index contributed by atoms with van der Waals surface area (Å²) in [6.07, 6.45) is 6.86. The SMILES string of the molecule is N#Cc1cc(F)cc(C(=O)N2CCOC3(CCCCC3N3CCCC3)C2)c1. The zero-order chi connectivity index (χ0) is 18.9. The molecule has 2 unspecified atom stereocenters. The highest BCUT2D eigenvalue weighted by atomic mass is 19.1. The maximum atomic E-state index is 13.8. The summed E-state index contributed by atoms with van der Waals surface area (Å²) in [4.78, 5) is 17.4. The quantitative estimate of drug-likeness (QED) is 0.802. The Bertz CT molecular complexity index is 752. The Morgan fingerprint density at radius 2 is 2.00 bits per heavy atom. The summed E-state index contributed by atoms with van der Waals surface area (Å²) in [5.74, 6) is -0.757. The summed E-state index contributed by atoms with van der Waals surface area (Å²) in [5.41, 5.74) is 0.105. The Labute approximate surface area is 159 Å². The van der Waals surface area contributed by atoms with Gasteiger partial charge in [0.25, 0.3) is 5.91 Å². The second-order valence-electron chi connectivity index (χ2n) is 7.98. The van der Waals surface area contributed by atoms with Crippen molar-refractivity contribution < 1.29 is 13.9 Å². The summed E-state index contributed by atoms with van der Waals surface area (Å²) in [7, 11) is 0. The molecule has 2 saturated heterocycles. The highest BCUT2D eigenvalue weighted by Crippen LogP contribution is 2.39. The summed E-state index contributed by atoms with van der Waals surface area (Å²) in [6.45, 7) is 3.78. The van der Waals surface area contributed by atoms with Crippen molar-refractivity contribution >= 4 is 5.91 Å². The average molecular weight is 371 g/mol. The van der Waals surface area contributed by atoms with Crippen molar-refractivity contribution in [2.75, 3.05) is 32.8 Å². The molecule has 0 radical (unpaired) electrons. The van der Waals surface area contributed by atoms with Gasteiger partial charge in [-0.15, -0.1) is 0 Å². The number of amides is 1. The van der Waals surface area contributed by atoms with Gasteiger partial charge in [-0.25, -0.2) is 4.39 Å². The van der Waals surface area contributed by atoms with Crippen LogP contribution in [0.25, 0.3) is 0 Å². The van der Waals surface area contributed by atoms with Crippen LogP contribution in [0.1, 0.15) is 54.4 Å². The van der Waals surface area contributed by atoms with Crippen molar-refractivity contribution in [3.05, 3.63) is 35.1 Å². The van der Waals surface area contributed by atoms with Crippen LogP contribution in [0, 0.1) is 17.1 Å². The monoisotopic (exact) mass is 371 g/mol. The number of likely N-dealkylation sites (tertiary alicyclic amines) is 1. The van der Waals surface area contributed by atoms with E-state index in [-0.39, 0.29) is 22.6 Å². The van der Waals surface area contributed by atoms with Crippen LogP contribution in [0.15, 0.2) is 18.2 Å². The Morgan fingerprint density at radius 1 is 1.19 bits per heavy atom. The molecule has 0 bridgehead atoms. The minimum absolute atomic E-state index is 0.175. The Morgan fingerprint density at radius 3 is 2.78 bits per heavy atom. The Kier molecular flexibility index (Phi) is 5.16. The smallest absolute Gasteiger partial charge is 0.254 e. The molecule has 1 saturated carbocycles. The molecule has 1 amide bonds. The number of nitriles is 1. The maximum absolute atomic E-state index is 13.8. The lowest BCUT2D eigenvalue weighted by Crippen LogP contribution is -2.64. The van der Waals surface area contributed by atoms with Crippen LogP contribution in [0.5, 0.6) is 0 Å². The zero-order valence-corrected chi connectivity index (χ0v) is 15.6. The summed E-state index contributed by atoms with van der Waals surface area (Å²) in [6, 6.07) is 6.14. The lowest BCUT2D eigenvalue weighted by atomic mass is 9.78. The van der Waals surface area contributed by atoms with Gasteiger partial charge < -0.3 is 9.64 Å². The van der Waals surface area contributed by atoms with Gasteiger partial charge in [-0.3, -0.25) is 9.69 Å². The first-order chi connectivity index (χ1) is 13.1. The molecule has 5 nitrogen and oxygen atoms in total. The van der Waals surface area contributed by atoms with E-state index in [1.54, 1.807) is 4.90 Å². The van der Waals surface area contributed by atoms with Gasteiger partial charge in [-0.2, -0.15) is 5.26 Å². The van der Waals surface area contributed by atoms with Crippen molar-refractivity contribution in [2.24, 2.45) is 0 Å². The van der Waals surface area contributed by atoms with Crippen LogP contribution in [0.3, 0.4) is 0 Å². The first kappa shape index (κ1) is 18.4. The number of morpholine rings is 1. The molecule has 2 aliphatic heterocycles. The number of benzene rings is 1. The molecule has 1 aromatic carbocycles. The number of rotatable bonds is 2. The molecule has 3 fully saturated rings. The van der Waals surface area contributed by atoms with Gasteiger partial charge in [0.15, 0.2) is 0 Å². The van der Waals surface area contributed by atoms with E-state index >= 15 is 0 Å². The molecule has 1 aromatic rings. The lowest BCUT2D eigenvalue weighted by Gasteiger charge is -2.52. The van der Waals surface area contributed by atoms with Crippen LogP contribution < -0.4 is 0 Å². The van der Waals surface area contributed by atoms with E-state index in [0.29, 0.717) is 25.7 Å². The molecule has 6 heteroatoms. The molecule has 2 atom stereocenters. The average Bonchev–Trinajstić information content (AvgIpc) is 3.21. The molecule has 3 aliphatic rings. The van der Waals surface area contributed by atoms with Gasteiger partial charge in [0.1, 0.15) is 11.4 Å². The van der Waals surface area contributed by atoms with Gasteiger partial charge in [0.05, 0.1) is 24.8 Å². The van der Waals surface area contributed by atoms with Gasteiger partial charge in [-0.1, -0.05) is 12.8 Å². The highest BCUT2D eigenvalue weighted by molar-refractivity contribution is 5.94. The standard InChI is InChI=1S/C21H26FN3O2/c22-18-12-16(14-23)11-17(13-18)20(26)25-9-10-27-21(15-25)6-2-1-5-19(21)24-7-3-4-8-24/h11-13,19H,1-10,15H2. The molecular formula is C21H26FN3O2. The van der Waals surface area contributed by atoms with E-state index in [4.69, 9.17) is 10.00 Å². The number of carbonyl (C=O) groups is 1. The van der Waals surface area contributed by atoms with Crippen LogP contribution >= 0.6 is 0 Å². The van der Waals surface area contributed by atoms with Crippen LogP contribution in [0.4, 0.5) is 4.39 Å². The van der Waals surface area contributed by atoms with Crippen LogP contribution in [0.2, 0.25) is 0 Å². The van der Waals surface area contributed by atoms with Crippen molar-refractivity contribution in [1.29, 1.82) is 5.26 Å². The van der Waals surface area contributed by atoms with Crippen LogP contribution in [-0.2, 0) is 4.74 Å². The predicted molar refractivity (Wildman–Crippen MR) is 98.8 cm³/mol. The largest absolute Gasteiger partial charge is 0.370 e. The third-order valence-corrected chi connectivity index (χ3v) is 6.29. The number of nitrogens with zero attached hydrogens (tertiary/aromatic N) is 3. The van der Waals surface area contributed by atoms with E-state index in [1.807, 2.05) is 6.07 Å². The number of halogens is 1. The van der Waals surface area contributed by atoms with E-state index in [1.165, 1.54) is 31.4 Å². The minimum Gasteiger partial charge on any atom is -0.370 e. The van der Waals surface area contributed by atoms with E-state index < -0.39 is 5.82 Å². The number of hydrogen-bond acceptors (Lipinski definition) is 4. The molecule has 1 aliphatic carbocycles. The van der Waals surface area contributed by atoms with Crippen LogP contribution in [-0.4, -0.2) is 60.1 Å². The summed E-state index contributed by atoms with van der Waals surface area (Å²) >= 11 is 0. The van der Waals surface area contributed by atoms with E-state index in [0.717, 1.165) is 38.4 Å². The maximum Gasteiger partial charge on any atom is 0.254 e. The van der Waals surface area contributed by atoms with Gasteiger partial charge in [-0.05, 0) is 57.0 Å². The van der Waals surface area contributed by atoms with Gasteiger partial charge in [0.2, 0.25) is 0 Å². The normalized spacial score (nSPS) is 29.0. The first-order valence-electron chi connectivity index (χ1n) is 9.99. The van der Waals surface area contributed by atoms with Crippen molar-refractivity contribution in [1.82, 2.24) is 9.80 Å². The third-order valence-electron chi connectivity index (χ3n) is 6.29. The second kappa shape index (κ2) is 7.57. The van der Waals surface area contributed by atoms with Crippen molar-refractivity contribution in [3.8, 4) is 6.07 Å². The predicted octanol–water partition coefficient (Wildman–Crippen LogP) is 2.95. The minimum atomic E-state index is -0.548. The fourth-order valence-corrected chi connectivity index (χ4v) is 5.05. The summed E-state index contributed by atoms with van der Waals surface area (Å²) in [5, 5.41) is 9.07. The van der Waals surface area contributed by atoms with E-state index in [2.05, 4.69) is 4.90 Å². The molecule has 144 valence electrons. The molecule has 27 heavy (non-hydrogen) atoms. The molecule has 2 heterocycles. The fraction of sp³-hybridized carbons (Fsp3) is 0.619. The third kappa shape index (κ3) is 3.59. The first-order valence-corrected chi connectivity index (χ1v) is 9.99. The highest BCUT2D eigenvalue weighted by Gasteiger charge is 2.48. The van der Waals surface area contributed by atoms with Gasteiger partial charge in [0, 0.05) is 18.2 Å². The zero-order valence-electron chi connectivity index (χ0n) is 15.6. The van der Waals surface area contributed by atoms with Crippen molar-refractivity contribution in [3.63, 3.8) is 0 Å². The summed E-state index contributed by atoms with van der Waals surface area (Å²) < 4.78 is 20.2. The Balaban J connectivity index is 1.57. The molecule has 0 aromatic heterocycles. The van der Waals surface area contributed by atoms with Crippen molar-refractivity contribution in [2.45, 2.75) is 50.2 Å². The lowest BCUT2D eigenvalue weighted by molar-refractivity contribution is -0.156. The fourth-order valence-electron chi connectivity index (χ4n) is 5.05. The molecule has 4 rings (SSSR count). The Hall–Kier alpha value is -1.97. The van der Waals surface area contributed by atoms with E-state index in [9.17, 15) is 9.18 Å². The van der Waals surface area contributed by atoms with Gasteiger partial charge >= 0.3 is 0 Å². The molecular weight excluding hydrogens is 345 g/mol. The number of carbonyl (C=O) groups excluding carboxylic acids is 1. The molecule has 1 spiro atoms. The topological polar surface area (TPSA) is 56.6 Å². The second-order valence-corrected chi connectivity index (χ2v) is 7.98. The number of ether oxygens (including phenoxy) is 1. The number of hydrogen-bond donors (Lipinski definition) is 0. The molecule has 0 N–H and O–H groups in total.